The predicted molar refractivity (Wildman–Crippen MR) is 113 cm³/mol. The monoisotopic (exact) mass is 380 g/mol. The third-order valence-corrected chi connectivity index (χ3v) is 5.39. The van der Waals surface area contributed by atoms with E-state index in [1.165, 1.54) is 16.7 Å². The normalized spacial score (nSPS) is 16.5. The van der Waals surface area contributed by atoms with E-state index in [1.54, 1.807) is 0 Å². The van der Waals surface area contributed by atoms with Crippen LogP contribution >= 0.6 is 0 Å². The maximum absolute atomic E-state index is 12.6. The lowest BCUT2D eigenvalue weighted by atomic mass is 9.95. The van der Waals surface area contributed by atoms with E-state index in [4.69, 9.17) is 4.74 Å². The van der Waals surface area contributed by atoms with Crippen LogP contribution in [0.25, 0.3) is 0 Å². The van der Waals surface area contributed by atoms with Gasteiger partial charge in [0.15, 0.2) is 0 Å². The summed E-state index contributed by atoms with van der Waals surface area (Å²) in [4.78, 5) is 15.0. The molecule has 1 atom stereocenters. The van der Waals surface area contributed by atoms with Gasteiger partial charge in [0.2, 0.25) is 5.91 Å². The van der Waals surface area contributed by atoms with Gasteiger partial charge in [-0.2, -0.15) is 0 Å². The zero-order valence-corrected chi connectivity index (χ0v) is 17.3. The predicted octanol–water partition coefficient (Wildman–Crippen LogP) is 4.10. The summed E-state index contributed by atoms with van der Waals surface area (Å²) in [5.74, 6) is 1.11. The number of hydrogen-bond acceptors (Lipinski definition) is 3. The van der Waals surface area contributed by atoms with Crippen molar-refractivity contribution in [2.24, 2.45) is 5.92 Å². The molecule has 1 fully saturated rings. The largest absolute Gasteiger partial charge is 0.491 e. The van der Waals surface area contributed by atoms with Gasteiger partial charge in [-0.05, 0) is 64.4 Å². The van der Waals surface area contributed by atoms with Crippen molar-refractivity contribution >= 4 is 5.91 Å². The number of piperidine rings is 1. The van der Waals surface area contributed by atoms with E-state index in [-0.39, 0.29) is 17.9 Å². The standard InChI is InChI=1S/C24H32N2O2/c1-18-4-8-21(9-5-18)16-26-14-12-22(13-15-26)24(27)25-20(3)17-28-23-10-6-19(2)7-11-23/h4-11,20,22H,12-17H2,1-3H3,(H,25,27). The fourth-order valence-electron chi connectivity index (χ4n) is 3.56. The molecule has 2 aromatic carbocycles. The van der Waals surface area contributed by atoms with E-state index < -0.39 is 0 Å². The number of likely N-dealkylation sites (tertiary alicyclic amines) is 1. The molecular formula is C24H32N2O2. The minimum absolute atomic E-state index is 0.000564. The molecule has 150 valence electrons. The van der Waals surface area contributed by atoms with Crippen molar-refractivity contribution < 1.29 is 9.53 Å². The van der Waals surface area contributed by atoms with Gasteiger partial charge in [0.05, 0.1) is 6.04 Å². The number of rotatable bonds is 7. The molecule has 1 unspecified atom stereocenters. The van der Waals surface area contributed by atoms with Crippen molar-refractivity contribution in [3.8, 4) is 5.75 Å². The lowest BCUT2D eigenvalue weighted by Crippen LogP contribution is -2.44. The van der Waals surface area contributed by atoms with Crippen LogP contribution in [-0.4, -0.2) is 36.5 Å². The highest BCUT2D eigenvalue weighted by Gasteiger charge is 2.25. The van der Waals surface area contributed by atoms with Crippen molar-refractivity contribution in [3.05, 3.63) is 65.2 Å². The molecule has 2 aromatic rings. The Morgan fingerprint density at radius 3 is 2.21 bits per heavy atom. The molecule has 1 heterocycles. The van der Waals surface area contributed by atoms with Gasteiger partial charge >= 0.3 is 0 Å². The smallest absolute Gasteiger partial charge is 0.223 e. The molecule has 1 N–H and O–H groups in total. The number of benzene rings is 2. The Labute approximate surface area is 168 Å². The van der Waals surface area contributed by atoms with E-state index in [0.717, 1.165) is 38.2 Å². The van der Waals surface area contributed by atoms with Gasteiger partial charge in [0.25, 0.3) is 0 Å². The summed E-state index contributed by atoms with van der Waals surface area (Å²) < 4.78 is 5.78. The maximum atomic E-state index is 12.6. The lowest BCUT2D eigenvalue weighted by Gasteiger charge is -2.32. The summed E-state index contributed by atoms with van der Waals surface area (Å²) in [6, 6.07) is 16.7. The second-order valence-corrected chi connectivity index (χ2v) is 8.07. The first kappa shape index (κ1) is 20.4. The minimum atomic E-state index is -0.000564. The van der Waals surface area contributed by atoms with Crippen LogP contribution in [0.1, 0.15) is 36.5 Å². The second kappa shape index (κ2) is 9.74. The average molecular weight is 381 g/mol. The molecule has 0 aromatic heterocycles. The van der Waals surface area contributed by atoms with Crippen molar-refractivity contribution in [2.75, 3.05) is 19.7 Å². The van der Waals surface area contributed by atoms with Crippen LogP contribution in [0, 0.1) is 19.8 Å². The Balaban J connectivity index is 1.38. The van der Waals surface area contributed by atoms with Crippen LogP contribution in [-0.2, 0) is 11.3 Å². The van der Waals surface area contributed by atoms with Crippen LogP contribution in [0.15, 0.2) is 48.5 Å². The first-order valence-electron chi connectivity index (χ1n) is 10.3. The number of nitrogens with zero attached hydrogens (tertiary/aromatic N) is 1. The number of carbonyl (C=O) groups is 1. The summed E-state index contributed by atoms with van der Waals surface area (Å²) in [7, 11) is 0. The first-order chi connectivity index (χ1) is 13.5. The third kappa shape index (κ3) is 6.10. The van der Waals surface area contributed by atoms with Crippen LogP contribution in [0.4, 0.5) is 0 Å². The molecule has 0 saturated carbocycles. The van der Waals surface area contributed by atoms with Crippen LogP contribution in [0.2, 0.25) is 0 Å². The average Bonchev–Trinajstić information content (AvgIpc) is 2.70. The SMILES string of the molecule is Cc1ccc(CN2CCC(C(=O)NC(C)COc3ccc(C)cc3)CC2)cc1. The third-order valence-electron chi connectivity index (χ3n) is 5.39. The Hall–Kier alpha value is -2.33. The molecule has 4 heteroatoms. The number of nitrogens with one attached hydrogen (secondary N) is 1. The Bertz CT molecular complexity index is 747. The maximum Gasteiger partial charge on any atom is 0.223 e. The first-order valence-corrected chi connectivity index (χ1v) is 10.3. The molecule has 1 saturated heterocycles. The highest BCUT2D eigenvalue weighted by atomic mass is 16.5. The van der Waals surface area contributed by atoms with E-state index in [1.807, 2.05) is 31.2 Å². The fraction of sp³-hybridized carbons (Fsp3) is 0.458. The van der Waals surface area contributed by atoms with Crippen molar-refractivity contribution in [1.82, 2.24) is 10.2 Å². The summed E-state index contributed by atoms with van der Waals surface area (Å²) in [5, 5.41) is 3.12. The minimum Gasteiger partial charge on any atom is -0.491 e. The Kier molecular flexibility index (Phi) is 7.10. The lowest BCUT2D eigenvalue weighted by molar-refractivity contribution is -0.127. The van der Waals surface area contributed by atoms with Gasteiger partial charge in [0, 0.05) is 12.5 Å². The molecule has 0 bridgehead atoms. The molecule has 0 radical (unpaired) electrons. The van der Waals surface area contributed by atoms with Crippen LogP contribution in [0.5, 0.6) is 5.75 Å². The Morgan fingerprint density at radius 2 is 1.61 bits per heavy atom. The molecule has 28 heavy (non-hydrogen) atoms. The molecule has 3 rings (SSSR count). The van der Waals surface area contributed by atoms with Gasteiger partial charge < -0.3 is 10.1 Å². The van der Waals surface area contributed by atoms with Gasteiger partial charge in [-0.15, -0.1) is 0 Å². The van der Waals surface area contributed by atoms with Gasteiger partial charge in [-0.1, -0.05) is 47.5 Å². The van der Waals surface area contributed by atoms with Crippen LogP contribution in [0.3, 0.4) is 0 Å². The Morgan fingerprint density at radius 1 is 1.04 bits per heavy atom. The van der Waals surface area contributed by atoms with E-state index in [0.29, 0.717) is 6.61 Å². The molecule has 4 nitrogen and oxygen atoms in total. The van der Waals surface area contributed by atoms with E-state index in [2.05, 4.69) is 48.3 Å². The van der Waals surface area contributed by atoms with E-state index in [9.17, 15) is 4.79 Å². The highest BCUT2D eigenvalue weighted by molar-refractivity contribution is 5.79. The fourth-order valence-corrected chi connectivity index (χ4v) is 3.56. The number of amides is 1. The van der Waals surface area contributed by atoms with Gasteiger partial charge in [0.1, 0.15) is 12.4 Å². The molecule has 1 aliphatic rings. The summed E-state index contributed by atoms with van der Waals surface area (Å²) >= 11 is 0. The summed E-state index contributed by atoms with van der Waals surface area (Å²) in [6.07, 6.45) is 1.84. The zero-order valence-electron chi connectivity index (χ0n) is 17.3. The van der Waals surface area contributed by atoms with Gasteiger partial charge in [-0.3, -0.25) is 9.69 Å². The van der Waals surface area contributed by atoms with Crippen molar-refractivity contribution in [1.29, 1.82) is 0 Å². The molecule has 1 aliphatic heterocycles. The number of hydrogen-bond donors (Lipinski definition) is 1. The highest BCUT2D eigenvalue weighted by Crippen LogP contribution is 2.20. The number of carbonyl (C=O) groups excluding carboxylic acids is 1. The topological polar surface area (TPSA) is 41.6 Å². The number of aryl methyl sites for hydroxylation is 2. The second-order valence-electron chi connectivity index (χ2n) is 8.07. The molecule has 0 spiro atoms. The zero-order chi connectivity index (χ0) is 19.9. The van der Waals surface area contributed by atoms with Gasteiger partial charge in [-0.25, -0.2) is 0 Å². The van der Waals surface area contributed by atoms with Crippen molar-refractivity contribution in [3.63, 3.8) is 0 Å². The molecular weight excluding hydrogens is 348 g/mol. The summed E-state index contributed by atoms with van der Waals surface area (Å²) in [5.41, 5.74) is 3.84. The molecule has 1 amide bonds. The summed E-state index contributed by atoms with van der Waals surface area (Å²) in [6.45, 7) is 9.56. The molecule has 0 aliphatic carbocycles. The van der Waals surface area contributed by atoms with Crippen LogP contribution < -0.4 is 10.1 Å². The number of ether oxygens (including phenoxy) is 1. The van der Waals surface area contributed by atoms with E-state index >= 15 is 0 Å². The van der Waals surface area contributed by atoms with Crippen molar-refractivity contribution in [2.45, 2.75) is 46.2 Å². The quantitative estimate of drug-likeness (QED) is 0.786.